The van der Waals surface area contributed by atoms with Gasteiger partial charge in [-0.05, 0) is 49.6 Å². The molecule has 0 aliphatic rings. The highest BCUT2D eigenvalue weighted by molar-refractivity contribution is 5.65. The standard InChI is InChI=1S/C14H19N3/c1-9-5-11(3)13(6-10(9)2)14-7-12(8-15)17(4)16-14/h5-7H,8,15H2,1-4H3. The molecule has 1 aromatic heterocycles. The minimum atomic E-state index is 0.521. The van der Waals surface area contributed by atoms with Crippen LogP contribution in [-0.2, 0) is 13.6 Å². The molecule has 3 nitrogen and oxygen atoms in total. The van der Waals surface area contributed by atoms with Crippen molar-refractivity contribution in [3.8, 4) is 11.3 Å². The number of aromatic nitrogens is 2. The van der Waals surface area contributed by atoms with Gasteiger partial charge in [-0.25, -0.2) is 0 Å². The normalized spacial score (nSPS) is 10.9. The van der Waals surface area contributed by atoms with Gasteiger partial charge < -0.3 is 5.73 Å². The summed E-state index contributed by atoms with van der Waals surface area (Å²) in [5, 5.41) is 4.52. The Balaban J connectivity index is 2.56. The number of benzene rings is 1. The molecule has 90 valence electrons. The second-order valence-corrected chi connectivity index (χ2v) is 4.60. The number of aryl methyl sites for hydroxylation is 4. The fourth-order valence-corrected chi connectivity index (χ4v) is 2.07. The summed E-state index contributed by atoms with van der Waals surface area (Å²) in [6.07, 6.45) is 0. The monoisotopic (exact) mass is 229 g/mol. The predicted octanol–water partition coefficient (Wildman–Crippen LogP) is 2.47. The van der Waals surface area contributed by atoms with Gasteiger partial charge in [-0.1, -0.05) is 6.07 Å². The molecule has 17 heavy (non-hydrogen) atoms. The van der Waals surface area contributed by atoms with Crippen molar-refractivity contribution < 1.29 is 0 Å². The smallest absolute Gasteiger partial charge is 0.0929 e. The Labute approximate surface area is 102 Å². The minimum Gasteiger partial charge on any atom is -0.325 e. The maximum Gasteiger partial charge on any atom is 0.0929 e. The zero-order valence-corrected chi connectivity index (χ0v) is 10.9. The van der Waals surface area contributed by atoms with Gasteiger partial charge in [0.2, 0.25) is 0 Å². The summed E-state index contributed by atoms with van der Waals surface area (Å²) in [5.41, 5.74) is 12.8. The van der Waals surface area contributed by atoms with E-state index in [1.54, 1.807) is 0 Å². The van der Waals surface area contributed by atoms with Gasteiger partial charge in [-0.15, -0.1) is 0 Å². The molecule has 1 heterocycles. The van der Waals surface area contributed by atoms with Crippen LogP contribution in [0.25, 0.3) is 11.3 Å². The molecule has 0 saturated carbocycles. The Morgan fingerprint density at radius 3 is 2.29 bits per heavy atom. The summed E-state index contributed by atoms with van der Waals surface area (Å²) < 4.78 is 1.85. The van der Waals surface area contributed by atoms with Crippen molar-refractivity contribution in [1.29, 1.82) is 0 Å². The predicted molar refractivity (Wildman–Crippen MR) is 70.7 cm³/mol. The number of nitrogens with two attached hydrogens (primary N) is 1. The van der Waals surface area contributed by atoms with Gasteiger partial charge in [-0.2, -0.15) is 5.10 Å². The molecule has 0 unspecified atom stereocenters. The van der Waals surface area contributed by atoms with Crippen molar-refractivity contribution >= 4 is 0 Å². The quantitative estimate of drug-likeness (QED) is 0.859. The SMILES string of the molecule is Cc1cc(C)c(-c2cc(CN)n(C)n2)cc1C. The summed E-state index contributed by atoms with van der Waals surface area (Å²) in [5.74, 6) is 0. The van der Waals surface area contributed by atoms with Crippen LogP contribution in [0, 0.1) is 20.8 Å². The summed E-state index contributed by atoms with van der Waals surface area (Å²) in [6.45, 7) is 6.91. The van der Waals surface area contributed by atoms with E-state index in [2.05, 4.69) is 44.1 Å². The van der Waals surface area contributed by atoms with Crippen molar-refractivity contribution in [3.05, 3.63) is 40.6 Å². The van der Waals surface area contributed by atoms with Gasteiger partial charge in [0.1, 0.15) is 0 Å². The molecule has 2 rings (SSSR count). The Bertz CT molecular complexity index is 553. The van der Waals surface area contributed by atoms with E-state index >= 15 is 0 Å². The van der Waals surface area contributed by atoms with Crippen LogP contribution >= 0.6 is 0 Å². The Morgan fingerprint density at radius 1 is 1.06 bits per heavy atom. The van der Waals surface area contributed by atoms with Crippen LogP contribution in [0.5, 0.6) is 0 Å². The third-order valence-corrected chi connectivity index (χ3v) is 3.30. The second kappa shape index (κ2) is 4.34. The molecule has 0 spiro atoms. The summed E-state index contributed by atoms with van der Waals surface area (Å²) >= 11 is 0. The van der Waals surface area contributed by atoms with E-state index in [0.29, 0.717) is 6.54 Å². The molecule has 3 heteroatoms. The minimum absolute atomic E-state index is 0.521. The summed E-state index contributed by atoms with van der Waals surface area (Å²) in [7, 11) is 1.93. The van der Waals surface area contributed by atoms with Crippen LogP contribution in [0.3, 0.4) is 0 Å². The van der Waals surface area contributed by atoms with E-state index in [-0.39, 0.29) is 0 Å². The zero-order chi connectivity index (χ0) is 12.6. The zero-order valence-electron chi connectivity index (χ0n) is 10.9. The summed E-state index contributed by atoms with van der Waals surface area (Å²) in [4.78, 5) is 0. The van der Waals surface area contributed by atoms with E-state index in [1.807, 2.05) is 11.7 Å². The van der Waals surface area contributed by atoms with Crippen molar-refractivity contribution in [2.24, 2.45) is 12.8 Å². The van der Waals surface area contributed by atoms with Crippen LogP contribution in [0.1, 0.15) is 22.4 Å². The molecular formula is C14H19N3. The molecule has 2 aromatic rings. The first-order chi connectivity index (χ1) is 8.02. The fraction of sp³-hybridized carbons (Fsp3) is 0.357. The Kier molecular flexibility index (Phi) is 3.03. The lowest BCUT2D eigenvalue weighted by Gasteiger charge is -2.07. The van der Waals surface area contributed by atoms with Crippen molar-refractivity contribution in [2.45, 2.75) is 27.3 Å². The van der Waals surface area contributed by atoms with E-state index in [0.717, 1.165) is 11.4 Å². The highest BCUT2D eigenvalue weighted by Crippen LogP contribution is 2.25. The van der Waals surface area contributed by atoms with Crippen molar-refractivity contribution in [3.63, 3.8) is 0 Å². The topological polar surface area (TPSA) is 43.8 Å². The molecular weight excluding hydrogens is 210 g/mol. The van der Waals surface area contributed by atoms with Crippen LogP contribution < -0.4 is 5.73 Å². The number of rotatable bonds is 2. The molecule has 0 atom stereocenters. The van der Waals surface area contributed by atoms with Crippen LogP contribution in [0.4, 0.5) is 0 Å². The summed E-state index contributed by atoms with van der Waals surface area (Å²) in [6, 6.07) is 6.48. The lowest BCUT2D eigenvalue weighted by Crippen LogP contribution is -2.03. The lowest BCUT2D eigenvalue weighted by atomic mass is 9.99. The van der Waals surface area contributed by atoms with E-state index in [9.17, 15) is 0 Å². The van der Waals surface area contributed by atoms with Gasteiger partial charge in [-0.3, -0.25) is 4.68 Å². The van der Waals surface area contributed by atoms with Crippen LogP contribution in [0.15, 0.2) is 18.2 Å². The first-order valence-electron chi connectivity index (χ1n) is 5.84. The van der Waals surface area contributed by atoms with Crippen molar-refractivity contribution in [2.75, 3.05) is 0 Å². The Morgan fingerprint density at radius 2 is 1.71 bits per heavy atom. The third kappa shape index (κ3) is 2.11. The molecule has 0 aliphatic carbocycles. The first kappa shape index (κ1) is 11.9. The molecule has 0 bridgehead atoms. The molecule has 0 saturated heterocycles. The third-order valence-electron chi connectivity index (χ3n) is 3.30. The van der Waals surface area contributed by atoms with Gasteiger partial charge in [0, 0.05) is 19.2 Å². The lowest BCUT2D eigenvalue weighted by molar-refractivity contribution is 0.714. The highest BCUT2D eigenvalue weighted by atomic mass is 15.3. The van der Waals surface area contributed by atoms with E-state index in [1.165, 1.54) is 22.3 Å². The number of nitrogens with zero attached hydrogens (tertiary/aromatic N) is 2. The van der Waals surface area contributed by atoms with Gasteiger partial charge >= 0.3 is 0 Å². The Hall–Kier alpha value is -1.61. The van der Waals surface area contributed by atoms with Gasteiger partial charge in [0.25, 0.3) is 0 Å². The van der Waals surface area contributed by atoms with E-state index in [4.69, 9.17) is 5.73 Å². The van der Waals surface area contributed by atoms with Gasteiger partial charge in [0.15, 0.2) is 0 Å². The van der Waals surface area contributed by atoms with Crippen LogP contribution in [-0.4, -0.2) is 9.78 Å². The average Bonchev–Trinajstić information content (AvgIpc) is 2.65. The molecule has 0 amide bonds. The number of hydrogen-bond acceptors (Lipinski definition) is 2. The van der Waals surface area contributed by atoms with Crippen molar-refractivity contribution in [1.82, 2.24) is 9.78 Å². The molecule has 0 aliphatic heterocycles. The van der Waals surface area contributed by atoms with E-state index < -0.39 is 0 Å². The second-order valence-electron chi connectivity index (χ2n) is 4.60. The maximum absolute atomic E-state index is 5.67. The molecule has 0 radical (unpaired) electrons. The maximum atomic E-state index is 5.67. The van der Waals surface area contributed by atoms with Gasteiger partial charge in [0.05, 0.1) is 11.4 Å². The first-order valence-corrected chi connectivity index (χ1v) is 5.84. The highest BCUT2D eigenvalue weighted by Gasteiger charge is 2.09. The molecule has 2 N–H and O–H groups in total. The largest absolute Gasteiger partial charge is 0.325 e. The molecule has 1 aromatic carbocycles. The average molecular weight is 229 g/mol. The molecule has 0 fully saturated rings. The number of hydrogen-bond donors (Lipinski definition) is 1. The van der Waals surface area contributed by atoms with Crippen LogP contribution in [0.2, 0.25) is 0 Å². The fourth-order valence-electron chi connectivity index (χ4n) is 2.07.